The quantitative estimate of drug-likeness (QED) is 0.655. The van der Waals surface area contributed by atoms with Gasteiger partial charge in [-0.2, -0.15) is 0 Å². The first kappa shape index (κ1) is 11.1. The van der Waals surface area contributed by atoms with E-state index in [0.29, 0.717) is 0 Å². The van der Waals surface area contributed by atoms with Crippen LogP contribution in [0.4, 0.5) is 11.4 Å². The van der Waals surface area contributed by atoms with Crippen molar-refractivity contribution in [2.24, 2.45) is 5.41 Å². The molecule has 0 fully saturated rings. The summed E-state index contributed by atoms with van der Waals surface area (Å²) in [4.78, 5) is 4.50. The Balaban J connectivity index is 2.46. The van der Waals surface area contributed by atoms with Crippen LogP contribution in [0.1, 0.15) is 20.8 Å². The highest BCUT2D eigenvalue weighted by Crippen LogP contribution is 2.40. The molecule has 0 atom stereocenters. The van der Waals surface area contributed by atoms with Crippen LogP contribution in [-0.2, 0) is 0 Å². The van der Waals surface area contributed by atoms with Crippen molar-refractivity contribution < 1.29 is 0 Å². The number of allylic oxidation sites excluding steroid dienone is 1. The third-order valence-electron chi connectivity index (χ3n) is 2.85. The van der Waals surface area contributed by atoms with Gasteiger partial charge in [-0.15, -0.1) is 0 Å². The lowest BCUT2D eigenvalue weighted by Crippen LogP contribution is -2.24. The van der Waals surface area contributed by atoms with Crippen LogP contribution in [0.3, 0.4) is 0 Å². The molecule has 0 spiro atoms. The zero-order valence-electron chi connectivity index (χ0n) is 10.8. The Morgan fingerprint density at radius 1 is 0.938 bits per heavy atom. The molecule has 1 aromatic rings. The van der Waals surface area contributed by atoms with Crippen molar-refractivity contribution in [3.8, 4) is 0 Å². The average Bonchev–Trinajstić information content (AvgIpc) is 2.43. The molecule has 1 aliphatic rings. The number of hydrogen-bond donors (Lipinski definition) is 0. The molecule has 16 heavy (non-hydrogen) atoms. The van der Waals surface area contributed by atoms with E-state index in [2.05, 4.69) is 75.0 Å². The smallest absolute Gasteiger partial charge is 0.109 e. The second-order valence-corrected chi connectivity index (χ2v) is 5.48. The normalized spacial score (nSPS) is 15.4. The van der Waals surface area contributed by atoms with Crippen LogP contribution in [0.2, 0.25) is 0 Å². The Morgan fingerprint density at radius 2 is 1.38 bits per heavy atom. The minimum Gasteiger partial charge on any atom is -0.329 e. The largest absolute Gasteiger partial charge is 0.329 e. The SMILES string of the molecule is CN1C(=CC(C)(C)C)N(C)c2ccccc21. The number of fused-ring (bicyclic) bond motifs is 1. The Kier molecular flexibility index (Phi) is 2.45. The average molecular weight is 216 g/mol. The maximum absolute atomic E-state index is 2.31. The lowest BCUT2D eigenvalue weighted by molar-refractivity contribution is 0.537. The molecule has 0 amide bonds. The topological polar surface area (TPSA) is 6.48 Å². The first-order valence-corrected chi connectivity index (χ1v) is 5.69. The molecule has 0 saturated carbocycles. The van der Waals surface area contributed by atoms with Crippen molar-refractivity contribution in [3.63, 3.8) is 0 Å². The molecule has 2 rings (SSSR count). The molecule has 86 valence electrons. The van der Waals surface area contributed by atoms with Crippen molar-refractivity contribution >= 4 is 11.4 Å². The fraction of sp³-hybridized carbons (Fsp3) is 0.429. The van der Waals surface area contributed by atoms with E-state index in [1.807, 2.05) is 0 Å². The molecule has 1 heterocycles. The van der Waals surface area contributed by atoms with E-state index >= 15 is 0 Å². The van der Waals surface area contributed by atoms with Gasteiger partial charge in [0.1, 0.15) is 5.82 Å². The zero-order chi connectivity index (χ0) is 11.9. The van der Waals surface area contributed by atoms with E-state index in [-0.39, 0.29) is 5.41 Å². The molecule has 0 saturated heterocycles. The molecule has 0 radical (unpaired) electrons. The Labute approximate surface area is 98.2 Å². The molecule has 0 N–H and O–H groups in total. The Hall–Kier alpha value is -1.44. The van der Waals surface area contributed by atoms with Crippen LogP contribution in [0.15, 0.2) is 36.2 Å². The third-order valence-corrected chi connectivity index (χ3v) is 2.85. The monoisotopic (exact) mass is 216 g/mol. The van der Waals surface area contributed by atoms with Gasteiger partial charge in [-0.05, 0) is 23.6 Å². The second-order valence-electron chi connectivity index (χ2n) is 5.48. The zero-order valence-corrected chi connectivity index (χ0v) is 10.8. The third kappa shape index (κ3) is 1.80. The lowest BCUT2D eigenvalue weighted by Gasteiger charge is -2.23. The number of rotatable bonds is 0. The Morgan fingerprint density at radius 3 is 1.75 bits per heavy atom. The van der Waals surface area contributed by atoms with Crippen LogP contribution in [0.5, 0.6) is 0 Å². The van der Waals surface area contributed by atoms with E-state index in [1.54, 1.807) is 0 Å². The summed E-state index contributed by atoms with van der Waals surface area (Å²) in [5.41, 5.74) is 2.75. The highest BCUT2D eigenvalue weighted by Gasteiger charge is 2.26. The van der Waals surface area contributed by atoms with Crippen molar-refractivity contribution in [2.75, 3.05) is 23.9 Å². The summed E-state index contributed by atoms with van der Waals surface area (Å²) in [6.07, 6.45) is 2.31. The van der Waals surface area contributed by atoms with Gasteiger partial charge in [-0.1, -0.05) is 32.9 Å². The van der Waals surface area contributed by atoms with Gasteiger partial charge in [0.15, 0.2) is 0 Å². The van der Waals surface area contributed by atoms with Gasteiger partial charge < -0.3 is 9.80 Å². The van der Waals surface area contributed by atoms with E-state index in [0.717, 1.165) is 0 Å². The number of anilines is 2. The van der Waals surface area contributed by atoms with E-state index < -0.39 is 0 Å². The van der Waals surface area contributed by atoms with Crippen LogP contribution in [0.25, 0.3) is 0 Å². The van der Waals surface area contributed by atoms with Gasteiger partial charge in [-0.25, -0.2) is 0 Å². The lowest BCUT2D eigenvalue weighted by atomic mass is 9.96. The molecular formula is C14H20N2. The maximum Gasteiger partial charge on any atom is 0.109 e. The van der Waals surface area contributed by atoms with E-state index in [4.69, 9.17) is 0 Å². The first-order valence-electron chi connectivity index (χ1n) is 5.69. The first-order chi connectivity index (χ1) is 7.40. The van der Waals surface area contributed by atoms with Gasteiger partial charge in [0, 0.05) is 14.1 Å². The fourth-order valence-electron chi connectivity index (χ4n) is 2.08. The van der Waals surface area contributed by atoms with Gasteiger partial charge >= 0.3 is 0 Å². The molecule has 2 nitrogen and oxygen atoms in total. The summed E-state index contributed by atoms with van der Waals surface area (Å²) in [5, 5.41) is 0. The van der Waals surface area contributed by atoms with Gasteiger partial charge in [-0.3, -0.25) is 0 Å². The molecule has 1 aromatic carbocycles. The van der Waals surface area contributed by atoms with Crippen LogP contribution < -0.4 is 9.80 Å². The van der Waals surface area contributed by atoms with E-state index in [1.165, 1.54) is 17.2 Å². The van der Waals surface area contributed by atoms with Crippen LogP contribution in [-0.4, -0.2) is 14.1 Å². The van der Waals surface area contributed by atoms with Gasteiger partial charge in [0.05, 0.1) is 11.4 Å². The summed E-state index contributed by atoms with van der Waals surface area (Å²) in [5.74, 6) is 1.26. The summed E-state index contributed by atoms with van der Waals surface area (Å²) in [7, 11) is 4.25. The highest BCUT2D eigenvalue weighted by molar-refractivity contribution is 5.81. The van der Waals surface area contributed by atoms with Crippen molar-refractivity contribution in [1.82, 2.24) is 0 Å². The second kappa shape index (κ2) is 3.55. The van der Waals surface area contributed by atoms with Crippen molar-refractivity contribution in [3.05, 3.63) is 36.2 Å². The highest BCUT2D eigenvalue weighted by atomic mass is 15.4. The van der Waals surface area contributed by atoms with Crippen LogP contribution >= 0.6 is 0 Å². The standard InChI is InChI=1S/C14H20N2/c1-14(2,3)10-13-15(4)11-8-6-7-9-12(11)16(13)5/h6-10H,1-5H3. The Bertz CT molecular complexity index is 396. The number of hydrogen-bond acceptors (Lipinski definition) is 2. The number of benzene rings is 1. The fourth-order valence-corrected chi connectivity index (χ4v) is 2.08. The predicted molar refractivity (Wildman–Crippen MR) is 70.8 cm³/mol. The number of para-hydroxylation sites is 2. The van der Waals surface area contributed by atoms with Gasteiger partial charge in [0.25, 0.3) is 0 Å². The summed E-state index contributed by atoms with van der Waals surface area (Å²) >= 11 is 0. The molecule has 0 aromatic heterocycles. The molecule has 2 heteroatoms. The molecular weight excluding hydrogens is 196 g/mol. The maximum atomic E-state index is 2.31. The van der Waals surface area contributed by atoms with Crippen molar-refractivity contribution in [2.45, 2.75) is 20.8 Å². The molecule has 0 bridgehead atoms. The summed E-state index contributed by atoms with van der Waals surface area (Å²) < 4.78 is 0. The molecule has 0 unspecified atom stereocenters. The summed E-state index contributed by atoms with van der Waals surface area (Å²) in [6, 6.07) is 8.50. The molecule has 0 aliphatic carbocycles. The van der Waals surface area contributed by atoms with Crippen molar-refractivity contribution in [1.29, 1.82) is 0 Å². The molecule has 1 aliphatic heterocycles. The van der Waals surface area contributed by atoms with Gasteiger partial charge in [0.2, 0.25) is 0 Å². The van der Waals surface area contributed by atoms with Crippen LogP contribution in [0, 0.1) is 5.41 Å². The predicted octanol–water partition coefficient (Wildman–Crippen LogP) is 3.46. The summed E-state index contributed by atoms with van der Waals surface area (Å²) in [6.45, 7) is 6.68. The minimum absolute atomic E-state index is 0.194. The number of nitrogens with zero attached hydrogens (tertiary/aromatic N) is 2. The minimum atomic E-state index is 0.194. The van der Waals surface area contributed by atoms with E-state index in [9.17, 15) is 0 Å².